The van der Waals surface area contributed by atoms with E-state index >= 15 is 0 Å². The second-order valence-electron chi connectivity index (χ2n) is 5.96. The van der Waals surface area contributed by atoms with E-state index in [4.69, 9.17) is 0 Å². The lowest BCUT2D eigenvalue weighted by molar-refractivity contribution is 0.851. The number of aromatic nitrogens is 1. The molecule has 1 nitrogen and oxygen atoms in total. The molecule has 0 amide bonds. The maximum atomic E-state index is 2.28. The Kier molecular flexibility index (Phi) is 5.83. The van der Waals surface area contributed by atoms with E-state index in [-0.39, 0.29) is 0 Å². The number of fused-ring (bicyclic) bond motifs is 1. The monoisotopic (exact) mass is 293 g/mol. The van der Waals surface area contributed by atoms with Crippen LogP contribution in [0.25, 0.3) is 16.6 Å². The lowest BCUT2D eigenvalue weighted by Crippen LogP contribution is -1.99. The summed E-state index contributed by atoms with van der Waals surface area (Å²) in [5, 5.41) is 1.29. The van der Waals surface area contributed by atoms with E-state index in [2.05, 4.69) is 93.1 Å². The lowest BCUT2D eigenvalue weighted by atomic mass is 10.0. The first kappa shape index (κ1) is 16.4. The summed E-state index contributed by atoms with van der Waals surface area (Å²) < 4.78 is 2.28. The van der Waals surface area contributed by atoms with Crippen LogP contribution in [0.1, 0.15) is 52.0 Å². The normalized spacial score (nSPS) is 10.6. The van der Waals surface area contributed by atoms with Crippen LogP contribution in [0.5, 0.6) is 0 Å². The Labute approximate surface area is 134 Å². The maximum absolute atomic E-state index is 2.28. The Balaban J connectivity index is 0.000000396. The van der Waals surface area contributed by atoms with Crippen molar-refractivity contribution in [2.75, 3.05) is 0 Å². The Bertz CT molecular complexity index is 705. The molecule has 0 spiro atoms. The number of unbranched alkanes of at least 4 members (excludes halogenated alkanes) is 1. The minimum atomic E-state index is 0.530. The van der Waals surface area contributed by atoms with Crippen molar-refractivity contribution in [3.8, 4) is 5.69 Å². The second-order valence-corrected chi connectivity index (χ2v) is 5.96. The first-order valence-corrected chi connectivity index (χ1v) is 8.34. The molecule has 1 heterocycles. The van der Waals surface area contributed by atoms with Gasteiger partial charge in [-0.1, -0.05) is 76.9 Å². The van der Waals surface area contributed by atoms with Crippen molar-refractivity contribution in [3.05, 3.63) is 66.4 Å². The van der Waals surface area contributed by atoms with Crippen LogP contribution in [0.2, 0.25) is 0 Å². The van der Waals surface area contributed by atoms with Crippen LogP contribution < -0.4 is 0 Å². The van der Waals surface area contributed by atoms with E-state index in [0.29, 0.717) is 5.92 Å². The van der Waals surface area contributed by atoms with Crippen molar-refractivity contribution < 1.29 is 0 Å². The molecule has 3 rings (SSSR count). The largest absolute Gasteiger partial charge is 0.316 e. The first-order chi connectivity index (χ1) is 10.7. The molecule has 1 aromatic heterocycles. The molecular formula is C21H27N. The fourth-order valence-electron chi connectivity index (χ4n) is 2.49. The summed E-state index contributed by atoms with van der Waals surface area (Å²) in [7, 11) is 0. The number of rotatable bonds is 3. The molecule has 0 aliphatic rings. The number of nitrogens with zero attached hydrogens (tertiary/aromatic N) is 1. The summed E-state index contributed by atoms with van der Waals surface area (Å²) in [4.78, 5) is 0. The Morgan fingerprint density at radius 3 is 2.14 bits per heavy atom. The zero-order valence-electron chi connectivity index (χ0n) is 14.2. The van der Waals surface area contributed by atoms with Crippen molar-refractivity contribution in [1.29, 1.82) is 0 Å². The second kappa shape index (κ2) is 7.84. The third-order valence-electron chi connectivity index (χ3n) is 3.92. The molecule has 0 saturated heterocycles. The molecule has 0 fully saturated rings. The van der Waals surface area contributed by atoms with Crippen molar-refractivity contribution in [2.45, 2.75) is 46.5 Å². The van der Waals surface area contributed by atoms with Gasteiger partial charge >= 0.3 is 0 Å². The van der Waals surface area contributed by atoms with Gasteiger partial charge in [-0.05, 0) is 35.1 Å². The highest BCUT2D eigenvalue weighted by atomic mass is 15.0. The van der Waals surface area contributed by atoms with Crippen LogP contribution in [0.15, 0.2) is 60.8 Å². The third-order valence-corrected chi connectivity index (χ3v) is 3.92. The summed E-state index contributed by atoms with van der Waals surface area (Å²) in [6.07, 6.45) is 4.80. The molecule has 0 radical (unpaired) electrons. The molecule has 0 saturated carbocycles. The van der Waals surface area contributed by atoms with Crippen molar-refractivity contribution in [2.24, 2.45) is 0 Å². The van der Waals surface area contributed by atoms with Crippen molar-refractivity contribution >= 4 is 10.9 Å². The fourth-order valence-corrected chi connectivity index (χ4v) is 2.49. The zero-order valence-corrected chi connectivity index (χ0v) is 14.2. The average Bonchev–Trinajstić information content (AvgIpc) is 2.99. The van der Waals surface area contributed by atoms with E-state index in [9.17, 15) is 0 Å². The van der Waals surface area contributed by atoms with Gasteiger partial charge in [-0.15, -0.1) is 0 Å². The third kappa shape index (κ3) is 3.59. The summed E-state index contributed by atoms with van der Waals surface area (Å²) in [6.45, 7) is 8.84. The van der Waals surface area contributed by atoms with Crippen LogP contribution in [-0.2, 0) is 0 Å². The predicted molar refractivity (Wildman–Crippen MR) is 97.9 cm³/mol. The summed E-state index contributed by atoms with van der Waals surface area (Å²) in [5.41, 5.74) is 3.94. The topological polar surface area (TPSA) is 4.93 Å². The Morgan fingerprint density at radius 1 is 0.818 bits per heavy atom. The van der Waals surface area contributed by atoms with Crippen molar-refractivity contribution in [1.82, 2.24) is 4.57 Å². The van der Waals surface area contributed by atoms with Gasteiger partial charge in [-0.2, -0.15) is 0 Å². The minimum absolute atomic E-state index is 0.530. The molecule has 116 valence electrons. The van der Waals surface area contributed by atoms with Gasteiger partial charge in [0, 0.05) is 11.9 Å². The molecule has 0 atom stereocenters. The highest BCUT2D eigenvalue weighted by Gasteiger charge is 2.09. The molecule has 0 N–H and O–H groups in total. The van der Waals surface area contributed by atoms with E-state index < -0.39 is 0 Å². The Morgan fingerprint density at radius 2 is 1.45 bits per heavy atom. The smallest absolute Gasteiger partial charge is 0.0528 e. The van der Waals surface area contributed by atoms with Gasteiger partial charge in [-0.3, -0.25) is 0 Å². The maximum Gasteiger partial charge on any atom is 0.0528 e. The van der Waals surface area contributed by atoms with Gasteiger partial charge in [0.1, 0.15) is 0 Å². The van der Waals surface area contributed by atoms with E-state index in [1.165, 1.54) is 35.0 Å². The summed E-state index contributed by atoms with van der Waals surface area (Å²) in [6, 6.07) is 19.3. The van der Waals surface area contributed by atoms with Gasteiger partial charge in [0.2, 0.25) is 0 Å². The molecule has 22 heavy (non-hydrogen) atoms. The predicted octanol–water partition coefficient (Wildman–Crippen LogP) is 6.56. The fraction of sp³-hybridized carbons (Fsp3) is 0.333. The number of para-hydroxylation sites is 2. The Hall–Kier alpha value is -2.02. The standard InChI is InChI=1S/C17H17N.C4H10/c1-13(2)15-8-4-6-10-17(15)18-12-11-14-7-3-5-9-16(14)18;1-3-4-2/h3-13H,1-2H3;3-4H2,1-2H3. The van der Waals surface area contributed by atoms with Crippen LogP contribution in [0, 0.1) is 0 Å². The lowest BCUT2D eigenvalue weighted by Gasteiger charge is -2.14. The number of hydrogen-bond acceptors (Lipinski definition) is 0. The number of benzene rings is 2. The zero-order chi connectivity index (χ0) is 15.9. The molecule has 2 aromatic carbocycles. The number of hydrogen-bond donors (Lipinski definition) is 0. The van der Waals surface area contributed by atoms with Gasteiger partial charge < -0.3 is 4.57 Å². The molecule has 1 heteroatoms. The molecule has 0 bridgehead atoms. The van der Waals surface area contributed by atoms with Crippen LogP contribution in [-0.4, -0.2) is 4.57 Å². The molecule has 3 aromatic rings. The van der Waals surface area contributed by atoms with Gasteiger partial charge in [0.15, 0.2) is 0 Å². The van der Waals surface area contributed by atoms with E-state index in [0.717, 1.165) is 0 Å². The summed E-state index contributed by atoms with van der Waals surface area (Å²) in [5.74, 6) is 0.530. The quantitative estimate of drug-likeness (QED) is 0.515. The average molecular weight is 293 g/mol. The molecular weight excluding hydrogens is 266 g/mol. The van der Waals surface area contributed by atoms with E-state index in [1.54, 1.807) is 0 Å². The minimum Gasteiger partial charge on any atom is -0.316 e. The van der Waals surface area contributed by atoms with Crippen molar-refractivity contribution in [3.63, 3.8) is 0 Å². The first-order valence-electron chi connectivity index (χ1n) is 8.34. The molecule has 0 aliphatic heterocycles. The van der Waals surface area contributed by atoms with Gasteiger partial charge in [0.05, 0.1) is 5.52 Å². The highest BCUT2D eigenvalue weighted by Crippen LogP contribution is 2.26. The van der Waals surface area contributed by atoms with Crippen LogP contribution >= 0.6 is 0 Å². The highest BCUT2D eigenvalue weighted by molar-refractivity contribution is 5.82. The van der Waals surface area contributed by atoms with Crippen LogP contribution in [0.3, 0.4) is 0 Å². The SMILES string of the molecule is CC(C)c1ccccc1-n1ccc2ccccc21.CCCC. The van der Waals surface area contributed by atoms with Gasteiger partial charge in [0.25, 0.3) is 0 Å². The van der Waals surface area contributed by atoms with Gasteiger partial charge in [-0.25, -0.2) is 0 Å². The molecule has 0 aliphatic carbocycles. The summed E-state index contributed by atoms with van der Waals surface area (Å²) >= 11 is 0. The van der Waals surface area contributed by atoms with E-state index in [1.807, 2.05) is 0 Å². The molecule has 0 unspecified atom stereocenters. The van der Waals surface area contributed by atoms with Crippen LogP contribution in [0.4, 0.5) is 0 Å².